The van der Waals surface area contributed by atoms with Crippen LogP contribution in [0.2, 0.25) is 0 Å². The molecule has 4 aromatic rings. The highest BCUT2D eigenvalue weighted by Crippen LogP contribution is 2.19. The summed E-state index contributed by atoms with van der Waals surface area (Å²) in [4.78, 5) is 9.19. The highest BCUT2D eigenvalue weighted by Gasteiger charge is 2.09. The number of nitrogens with one attached hydrogen (secondary N) is 1. The quantitative estimate of drug-likeness (QED) is 0.489. The fourth-order valence-corrected chi connectivity index (χ4v) is 3.89. The molecular weight excluding hydrogens is 368 g/mol. The summed E-state index contributed by atoms with van der Waals surface area (Å²) in [6.07, 6.45) is 4.02. The van der Waals surface area contributed by atoms with E-state index in [-0.39, 0.29) is 6.04 Å². The zero-order valence-electron chi connectivity index (χ0n) is 16.3. The molecule has 0 aliphatic carbocycles. The molecule has 0 saturated heterocycles. The van der Waals surface area contributed by atoms with Gasteiger partial charge in [-0.3, -0.25) is 0 Å². The van der Waals surface area contributed by atoms with Crippen molar-refractivity contribution in [2.75, 3.05) is 0 Å². The van der Waals surface area contributed by atoms with Crippen LogP contribution in [-0.2, 0) is 13.2 Å². The number of hydrogen-bond donors (Lipinski definition) is 1. The lowest BCUT2D eigenvalue weighted by Crippen LogP contribution is -2.17. The van der Waals surface area contributed by atoms with Crippen molar-refractivity contribution < 1.29 is 4.74 Å². The lowest BCUT2D eigenvalue weighted by Gasteiger charge is -2.11. The summed E-state index contributed by atoms with van der Waals surface area (Å²) in [6.45, 7) is 7.49. The van der Waals surface area contributed by atoms with Gasteiger partial charge in [0.25, 0.3) is 0 Å². The number of thiazole rings is 1. The van der Waals surface area contributed by atoms with Gasteiger partial charge in [-0.25, -0.2) is 9.97 Å². The number of benzene rings is 1. The van der Waals surface area contributed by atoms with Crippen LogP contribution in [0.15, 0.2) is 54.2 Å². The molecule has 3 aromatic heterocycles. The maximum absolute atomic E-state index is 5.91. The Labute approximate surface area is 169 Å². The second-order valence-corrected chi connectivity index (χ2v) is 7.91. The minimum absolute atomic E-state index is 0.244. The van der Waals surface area contributed by atoms with Crippen LogP contribution >= 0.6 is 11.3 Å². The number of fused-ring (bicyclic) bond motifs is 1. The Balaban J connectivity index is 1.32. The van der Waals surface area contributed by atoms with Crippen LogP contribution in [0.1, 0.15) is 40.5 Å². The second-order valence-electron chi connectivity index (χ2n) is 7.02. The minimum atomic E-state index is 0.244. The van der Waals surface area contributed by atoms with Crippen molar-refractivity contribution in [3.63, 3.8) is 0 Å². The monoisotopic (exact) mass is 392 g/mol. The predicted octanol–water partition coefficient (Wildman–Crippen LogP) is 4.84. The van der Waals surface area contributed by atoms with Gasteiger partial charge in [-0.2, -0.15) is 0 Å². The molecule has 3 heterocycles. The van der Waals surface area contributed by atoms with Gasteiger partial charge in [0.15, 0.2) is 0 Å². The largest absolute Gasteiger partial charge is 0.487 e. The molecule has 0 radical (unpaired) electrons. The summed E-state index contributed by atoms with van der Waals surface area (Å²) in [5, 5.41) is 6.73. The number of ether oxygens (including phenoxy) is 1. The van der Waals surface area contributed by atoms with Gasteiger partial charge in [0.2, 0.25) is 0 Å². The summed E-state index contributed by atoms with van der Waals surface area (Å²) >= 11 is 1.70. The minimum Gasteiger partial charge on any atom is -0.487 e. The third-order valence-corrected chi connectivity index (χ3v) is 5.80. The zero-order chi connectivity index (χ0) is 19.5. The van der Waals surface area contributed by atoms with Crippen molar-refractivity contribution in [3.05, 3.63) is 81.7 Å². The first-order valence-electron chi connectivity index (χ1n) is 9.39. The van der Waals surface area contributed by atoms with Gasteiger partial charge in [-0.1, -0.05) is 18.2 Å². The molecule has 1 atom stereocenters. The number of hydrogen-bond acceptors (Lipinski definition) is 5. The number of rotatable bonds is 7. The Hall–Kier alpha value is -2.70. The molecule has 144 valence electrons. The van der Waals surface area contributed by atoms with Crippen molar-refractivity contribution in [3.8, 4) is 5.75 Å². The maximum atomic E-state index is 5.91. The van der Waals surface area contributed by atoms with Crippen molar-refractivity contribution in [1.29, 1.82) is 0 Å². The van der Waals surface area contributed by atoms with Gasteiger partial charge in [0.05, 0.1) is 11.7 Å². The van der Waals surface area contributed by atoms with E-state index in [1.165, 1.54) is 5.56 Å². The Morgan fingerprint density at radius 2 is 1.96 bits per heavy atom. The molecular formula is C22H24N4OS. The molecule has 5 nitrogen and oxygen atoms in total. The summed E-state index contributed by atoms with van der Waals surface area (Å²) < 4.78 is 7.95. The molecule has 1 aromatic carbocycles. The highest BCUT2D eigenvalue weighted by molar-refractivity contribution is 7.09. The number of aryl methyl sites for hydroxylation is 2. The SMILES string of the molecule is Cc1csc(C(C)NCc2ccc(OCc3cn4cccc(C)c4n3)cc2)n1. The topological polar surface area (TPSA) is 51.5 Å². The lowest BCUT2D eigenvalue weighted by atomic mass is 10.2. The van der Waals surface area contributed by atoms with Crippen LogP contribution in [-0.4, -0.2) is 14.4 Å². The molecule has 0 saturated carbocycles. The lowest BCUT2D eigenvalue weighted by molar-refractivity contribution is 0.302. The second kappa shape index (κ2) is 8.12. The molecule has 0 aliphatic rings. The van der Waals surface area contributed by atoms with Crippen molar-refractivity contribution in [2.24, 2.45) is 0 Å². The van der Waals surface area contributed by atoms with Gasteiger partial charge in [-0.05, 0) is 50.1 Å². The summed E-state index contributed by atoms with van der Waals surface area (Å²) in [5.74, 6) is 0.848. The fourth-order valence-electron chi connectivity index (χ4n) is 3.06. The van der Waals surface area contributed by atoms with Crippen LogP contribution in [0.4, 0.5) is 0 Å². The molecule has 0 fully saturated rings. The molecule has 1 unspecified atom stereocenters. The summed E-state index contributed by atoms with van der Waals surface area (Å²) in [5.41, 5.74) is 5.36. The van der Waals surface area contributed by atoms with Crippen LogP contribution in [0, 0.1) is 13.8 Å². The fraction of sp³-hybridized carbons (Fsp3) is 0.273. The average molecular weight is 393 g/mol. The number of aromatic nitrogens is 3. The molecule has 6 heteroatoms. The molecule has 1 N–H and O–H groups in total. The first kappa shape index (κ1) is 18.7. The zero-order valence-corrected chi connectivity index (χ0v) is 17.2. The van der Waals surface area contributed by atoms with E-state index in [2.05, 4.69) is 52.7 Å². The Morgan fingerprint density at radius 3 is 2.68 bits per heavy atom. The third kappa shape index (κ3) is 4.24. The molecule has 0 amide bonds. The van der Waals surface area contributed by atoms with Crippen LogP contribution < -0.4 is 10.1 Å². The van der Waals surface area contributed by atoms with Gasteiger partial charge in [-0.15, -0.1) is 11.3 Å². The van der Waals surface area contributed by atoms with E-state index in [0.717, 1.165) is 39.9 Å². The predicted molar refractivity (Wildman–Crippen MR) is 113 cm³/mol. The van der Waals surface area contributed by atoms with Crippen LogP contribution in [0.3, 0.4) is 0 Å². The van der Waals surface area contributed by atoms with E-state index in [4.69, 9.17) is 4.74 Å². The van der Waals surface area contributed by atoms with E-state index in [9.17, 15) is 0 Å². The maximum Gasteiger partial charge on any atom is 0.140 e. The summed E-state index contributed by atoms with van der Waals surface area (Å²) in [6, 6.07) is 12.5. The third-order valence-electron chi connectivity index (χ3n) is 4.66. The van der Waals surface area contributed by atoms with Crippen LogP contribution in [0.5, 0.6) is 5.75 Å². The first-order chi connectivity index (χ1) is 13.6. The number of imidazole rings is 1. The smallest absolute Gasteiger partial charge is 0.140 e. The molecule has 0 spiro atoms. The van der Waals surface area contributed by atoms with Crippen molar-refractivity contribution in [1.82, 2.24) is 19.7 Å². The van der Waals surface area contributed by atoms with E-state index in [1.54, 1.807) is 11.3 Å². The highest BCUT2D eigenvalue weighted by atomic mass is 32.1. The van der Waals surface area contributed by atoms with Gasteiger partial charge in [0, 0.05) is 30.0 Å². The Morgan fingerprint density at radius 1 is 1.14 bits per heavy atom. The van der Waals surface area contributed by atoms with Gasteiger partial charge >= 0.3 is 0 Å². The first-order valence-corrected chi connectivity index (χ1v) is 10.3. The van der Waals surface area contributed by atoms with Crippen LogP contribution in [0.25, 0.3) is 5.65 Å². The summed E-state index contributed by atoms with van der Waals surface area (Å²) in [7, 11) is 0. The van der Waals surface area contributed by atoms with Gasteiger partial charge in [0.1, 0.15) is 23.0 Å². The number of nitrogens with zero attached hydrogens (tertiary/aromatic N) is 3. The molecule has 28 heavy (non-hydrogen) atoms. The molecule has 0 aliphatic heterocycles. The Kier molecular flexibility index (Phi) is 5.41. The number of pyridine rings is 1. The average Bonchev–Trinajstić information content (AvgIpc) is 3.32. The van der Waals surface area contributed by atoms with E-state index in [0.29, 0.717) is 6.61 Å². The molecule has 4 rings (SSSR count). The normalized spacial score (nSPS) is 12.4. The van der Waals surface area contributed by atoms with E-state index >= 15 is 0 Å². The van der Waals surface area contributed by atoms with Crippen molar-refractivity contribution in [2.45, 2.75) is 40.0 Å². The van der Waals surface area contributed by atoms with E-state index < -0.39 is 0 Å². The van der Waals surface area contributed by atoms with Gasteiger partial charge < -0.3 is 14.5 Å². The standard InChI is InChI=1S/C22H24N4OS/c1-15-5-4-10-26-12-19(25-21(15)26)13-27-20-8-6-18(7-9-20)11-23-17(3)22-24-16(2)14-28-22/h4-10,12,14,17,23H,11,13H2,1-3H3. The Bertz CT molecular complexity index is 1070. The van der Waals surface area contributed by atoms with Crippen molar-refractivity contribution >= 4 is 17.0 Å². The molecule has 0 bridgehead atoms. The van der Waals surface area contributed by atoms with E-state index in [1.807, 2.05) is 41.9 Å².